The molecule has 0 fully saturated rings. The predicted octanol–water partition coefficient (Wildman–Crippen LogP) is 1.66. The molecule has 0 radical (unpaired) electrons. The van der Waals surface area contributed by atoms with Crippen molar-refractivity contribution in [3.8, 4) is 0 Å². The van der Waals surface area contributed by atoms with E-state index in [-0.39, 0.29) is 25.1 Å². The molecule has 0 amide bonds. The molecule has 1 aromatic carbocycles. The molecule has 74 valence electrons. The van der Waals surface area contributed by atoms with Crippen LogP contribution in [0.15, 0.2) is 24.3 Å². The van der Waals surface area contributed by atoms with Gasteiger partial charge in [-0.05, 0) is 24.5 Å². The molecular weight excluding hydrogens is 186 g/mol. The van der Waals surface area contributed by atoms with Gasteiger partial charge < -0.3 is 10.8 Å². The number of rotatable bonds is 3. The molecule has 1 rings (SSSR count). The number of aliphatic hydroxyl groups excluding tert-OH is 1. The van der Waals surface area contributed by atoms with Gasteiger partial charge in [0.05, 0.1) is 0 Å². The fraction of sp³-hybridized carbons (Fsp3) is 0.400. The summed E-state index contributed by atoms with van der Waals surface area (Å²) >= 11 is 0. The summed E-state index contributed by atoms with van der Waals surface area (Å²) in [5, 5.41) is 8.79. The van der Waals surface area contributed by atoms with Gasteiger partial charge in [0.1, 0.15) is 0 Å². The van der Waals surface area contributed by atoms with E-state index in [0.717, 1.165) is 11.1 Å². The summed E-state index contributed by atoms with van der Waals surface area (Å²) in [6.45, 7) is 2.14. The van der Waals surface area contributed by atoms with Gasteiger partial charge in [0.15, 0.2) is 0 Å². The summed E-state index contributed by atoms with van der Waals surface area (Å²) in [6.07, 6.45) is 0.692. The lowest BCUT2D eigenvalue weighted by Gasteiger charge is -2.10. The Morgan fingerprint density at radius 1 is 1.38 bits per heavy atom. The first-order chi connectivity index (χ1) is 5.75. The molecule has 3 heteroatoms. The third-order valence-electron chi connectivity index (χ3n) is 1.93. The maximum atomic E-state index is 8.79. The van der Waals surface area contributed by atoms with E-state index in [4.69, 9.17) is 10.8 Å². The van der Waals surface area contributed by atoms with Crippen LogP contribution in [-0.4, -0.2) is 11.7 Å². The molecule has 0 unspecified atom stereocenters. The highest BCUT2D eigenvalue weighted by Gasteiger charge is 2.04. The van der Waals surface area contributed by atoms with E-state index in [0.29, 0.717) is 6.42 Å². The lowest BCUT2D eigenvalue weighted by atomic mass is 10.0. The predicted molar refractivity (Wildman–Crippen MR) is 57.1 cm³/mol. The van der Waals surface area contributed by atoms with E-state index >= 15 is 0 Å². The van der Waals surface area contributed by atoms with Gasteiger partial charge in [-0.1, -0.05) is 24.3 Å². The highest BCUT2D eigenvalue weighted by molar-refractivity contribution is 5.85. The molecule has 0 spiro atoms. The number of nitrogens with two attached hydrogens (primary N) is 1. The first-order valence-corrected chi connectivity index (χ1v) is 4.20. The van der Waals surface area contributed by atoms with Gasteiger partial charge in [0, 0.05) is 12.6 Å². The third-order valence-corrected chi connectivity index (χ3v) is 1.93. The second kappa shape index (κ2) is 5.97. The number of hydrogen-bond donors (Lipinski definition) is 2. The molecule has 0 aliphatic carbocycles. The Hall–Kier alpha value is -0.570. The minimum Gasteiger partial charge on any atom is -0.396 e. The standard InChI is InChI=1S/C10H15NO.ClH/c1-8(11)10-5-3-2-4-9(10)6-7-12;/h2-5,8,12H,6-7,11H2,1H3;1H/t8-;/m1./s1. The Morgan fingerprint density at radius 2 is 2.00 bits per heavy atom. The third kappa shape index (κ3) is 3.35. The highest BCUT2D eigenvalue weighted by Crippen LogP contribution is 2.15. The normalized spacial score (nSPS) is 11.9. The van der Waals surface area contributed by atoms with Crippen LogP contribution >= 0.6 is 12.4 Å². The smallest absolute Gasteiger partial charge is 0.0471 e. The second-order valence-electron chi connectivity index (χ2n) is 2.96. The summed E-state index contributed by atoms with van der Waals surface area (Å²) in [4.78, 5) is 0. The van der Waals surface area contributed by atoms with Gasteiger partial charge in [-0.25, -0.2) is 0 Å². The number of hydrogen-bond acceptors (Lipinski definition) is 2. The van der Waals surface area contributed by atoms with Crippen LogP contribution in [0.1, 0.15) is 24.1 Å². The van der Waals surface area contributed by atoms with Crippen molar-refractivity contribution in [3.63, 3.8) is 0 Å². The molecule has 0 bridgehead atoms. The Bertz CT molecular complexity index is 250. The summed E-state index contributed by atoms with van der Waals surface area (Å²) in [7, 11) is 0. The zero-order valence-electron chi connectivity index (χ0n) is 7.73. The van der Waals surface area contributed by atoms with Crippen LogP contribution in [-0.2, 0) is 6.42 Å². The largest absolute Gasteiger partial charge is 0.396 e. The van der Waals surface area contributed by atoms with Gasteiger partial charge >= 0.3 is 0 Å². The molecule has 0 aliphatic rings. The van der Waals surface area contributed by atoms with Crippen molar-refractivity contribution < 1.29 is 5.11 Å². The quantitative estimate of drug-likeness (QED) is 0.782. The monoisotopic (exact) mass is 201 g/mol. The number of benzene rings is 1. The van der Waals surface area contributed by atoms with E-state index < -0.39 is 0 Å². The highest BCUT2D eigenvalue weighted by atomic mass is 35.5. The van der Waals surface area contributed by atoms with Crippen molar-refractivity contribution in [2.75, 3.05) is 6.61 Å². The fourth-order valence-electron chi connectivity index (χ4n) is 1.33. The molecule has 0 saturated carbocycles. The first kappa shape index (κ1) is 12.4. The minimum absolute atomic E-state index is 0. The van der Waals surface area contributed by atoms with Crippen LogP contribution in [0.2, 0.25) is 0 Å². The van der Waals surface area contributed by atoms with Crippen molar-refractivity contribution in [1.29, 1.82) is 0 Å². The molecule has 2 nitrogen and oxygen atoms in total. The molecule has 0 aromatic heterocycles. The molecule has 1 aromatic rings. The van der Waals surface area contributed by atoms with Crippen LogP contribution < -0.4 is 5.73 Å². The summed E-state index contributed by atoms with van der Waals surface area (Å²) in [5.74, 6) is 0. The topological polar surface area (TPSA) is 46.2 Å². The molecule has 0 heterocycles. The van der Waals surface area contributed by atoms with Crippen molar-refractivity contribution in [3.05, 3.63) is 35.4 Å². The lowest BCUT2D eigenvalue weighted by molar-refractivity contribution is 0.299. The van der Waals surface area contributed by atoms with Crippen LogP contribution in [0, 0.1) is 0 Å². The van der Waals surface area contributed by atoms with Crippen LogP contribution in [0.3, 0.4) is 0 Å². The SMILES string of the molecule is C[C@@H](N)c1ccccc1CCO.Cl. The van der Waals surface area contributed by atoms with Gasteiger partial charge in [-0.15, -0.1) is 12.4 Å². The average Bonchev–Trinajstić information content (AvgIpc) is 2.05. The van der Waals surface area contributed by atoms with E-state index in [9.17, 15) is 0 Å². The molecule has 0 aliphatic heterocycles. The Morgan fingerprint density at radius 3 is 2.54 bits per heavy atom. The molecule has 13 heavy (non-hydrogen) atoms. The van der Waals surface area contributed by atoms with Gasteiger partial charge in [0.25, 0.3) is 0 Å². The van der Waals surface area contributed by atoms with E-state index in [1.54, 1.807) is 0 Å². The summed E-state index contributed by atoms with van der Waals surface area (Å²) in [6, 6.07) is 8.01. The van der Waals surface area contributed by atoms with Crippen LogP contribution in [0.5, 0.6) is 0 Å². The second-order valence-corrected chi connectivity index (χ2v) is 2.96. The summed E-state index contributed by atoms with van der Waals surface area (Å²) < 4.78 is 0. The van der Waals surface area contributed by atoms with E-state index in [1.807, 2.05) is 31.2 Å². The van der Waals surface area contributed by atoms with Crippen molar-refractivity contribution in [2.45, 2.75) is 19.4 Å². The van der Waals surface area contributed by atoms with Gasteiger partial charge in [-0.2, -0.15) is 0 Å². The maximum absolute atomic E-state index is 8.79. The lowest BCUT2D eigenvalue weighted by Crippen LogP contribution is -2.08. The van der Waals surface area contributed by atoms with Crippen molar-refractivity contribution >= 4 is 12.4 Å². The first-order valence-electron chi connectivity index (χ1n) is 4.20. The van der Waals surface area contributed by atoms with Crippen molar-refractivity contribution in [1.82, 2.24) is 0 Å². The van der Waals surface area contributed by atoms with E-state index in [1.165, 1.54) is 0 Å². The van der Waals surface area contributed by atoms with Crippen LogP contribution in [0.4, 0.5) is 0 Å². The average molecular weight is 202 g/mol. The molecule has 3 N–H and O–H groups in total. The minimum atomic E-state index is 0. The van der Waals surface area contributed by atoms with Crippen LogP contribution in [0.25, 0.3) is 0 Å². The Labute approximate surface area is 85.2 Å². The molecule has 1 atom stereocenters. The number of halogens is 1. The molecule has 0 saturated heterocycles. The van der Waals surface area contributed by atoms with E-state index in [2.05, 4.69) is 0 Å². The Balaban J connectivity index is 0.00000144. The van der Waals surface area contributed by atoms with Gasteiger partial charge in [-0.3, -0.25) is 0 Å². The maximum Gasteiger partial charge on any atom is 0.0471 e. The zero-order valence-corrected chi connectivity index (χ0v) is 8.55. The molecular formula is C10H16ClNO. The van der Waals surface area contributed by atoms with Crippen molar-refractivity contribution in [2.24, 2.45) is 5.73 Å². The number of aliphatic hydroxyl groups is 1. The van der Waals surface area contributed by atoms with Gasteiger partial charge in [0.2, 0.25) is 0 Å². The Kier molecular flexibility index (Phi) is 5.71. The fourth-order valence-corrected chi connectivity index (χ4v) is 1.33. The zero-order chi connectivity index (χ0) is 8.97. The summed E-state index contributed by atoms with van der Waals surface area (Å²) in [5.41, 5.74) is 8.04.